The first kappa shape index (κ1) is 17.4. The van der Waals surface area contributed by atoms with E-state index in [0.29, 0.717) is 20.8 Å². The minimum absolute atomic E-state index is 0.0688. The molecule has 8 heteroatoms. The van der Waals surface area contributed by atoms with E-state index in [1.165, 1.54) is 22.7 Å². The van der Waals surface area contributed by atoms with Crippen molar-refractivity contribution >= 4 is 49.1 Å². The third-order valence-corrected chi connectivity index (χ3v) is 5.77. The summed E-state index contributed by atoms with van der Waals surface area (Å²) in [5, 5.41) is 13.8. The van der Waals surface area contributed by atoms with E-state index < -0.39 is 5.97 Å². The lowest BCUT2D eigenvalue weighted by atomic mass is 10.1. The summed E-state index contributed by atoms with van der Waals surface area (Å²) in [4.78, 5) is 21.1. The molecule has 2 heterocycles. The van der Waals surface area contributed by atoms with Gasteiger partial charge in [-0.25, -0.2) is 9.97 Å². The van der Waals surface area contributed by atoms with E-state index >= 15 is 0 Å². The van der Waals surface area contributed by atoms with E-state index in [0.717, 1.165) is 21.5 Å². The smallest absolute Gasteiger partial charge is 0.308 e. The maximum absolute atomic E-state index is 11.2. The molecule has 136 valence electrons. The highest BCUT2D eigenvalue weighted by Gasteiger charge is 2.17. The molecule has 4 aromatic rings. The second-order valence-corrected chi connectivity index (χ2v) is 7.82. The molecule has 4 rings (SSSR count). The zero-order valence-electron chi connectivity index (χ0n) is 14.3. The molecule has 0 unspecified atom stereocenters. The quantitative estimate of drug-likeness (QED) is 0.486. The molecule has 27 heavy (non-hydrogen) atoms. The molecule has 0 saturated carbocycles. The summed E-state index contributed by atoms with van der Waals surface area (Å²) >= 11 is 2.83. The van der Waals surface area contributed by atoms with Crippen LogP contribution >= 0.6 is 22.7 Å². The number of benzene rings is 2. The van der Waals surface area contributed by atoms with Crippen LogP contribution < -0.4 is 10.1 Å². The van der Waals surface area contributed by atoms with E-state index in [2.05, 4.69) is 15.3 Å². The summed E-state index contributed by atoms with van der Waals surface area (Å²) in [6, 6.07) is 15.3. The van der Waals surface area contributed by atoms with E-state index in [-0.39, 0.29) is 6.42 Å². The fourth-order valence-corrected chi connectivity index (χ4v) is 4.59. The number of nitrogens with one attached hydrogen (secondary N) is 1. The molecule has 0 aliphatic heterocycles. The van der Waals surface area contributed by atoms with Crippen molar-refractivity contribution in [1.82, 2.24) is 9.97 Å². The molecule has 0 radical (unpaired) electrons. The summed E-state index contributed by atoms with van der Waals surface area (Å²) in [6.45, 7) is 0. The average molecular weight is 397 g/mol. The van der Waals surface area contributed by atoms with Gasteiger partial charge in [0.2, 0.25) is 0 Å². The number of carboxylic acid groups (broad SMARTS) is 1. The lowest BCUT2D eigenvalue weighted by molar-refractivity contribution is -0.136. The van der Waals surface area contributed by atoms with Gasteiger partial charge in [-0.3, -0.25) is 4.79 Å². The number of anilines is 2. The van der Waals surface area contributed by atoms with Gasteiger partial charge in [0.15, 0.2) is 10.3 Å². The number of aromatic nitrogens is 2. The molecule has 0 bridgehead atoms. The Morgan fingerprint density at radius 2 is 1.89 bits per heavy atom. The van der Waals surface area contributed by atoms with Gasteiger partial charge in [-0.2, -0.15) is 0 Å². The second-order valence-electron chi connectivity index (χ2n) is 5.71. The van der Waals surface area contributed by atoms with Crippen LogP contribution in [0.4, 0.5) is 10.3 Å². The van der Waals surface area contributed by atoms with Crippen LogP contribution in [0.25, 0.3) is 21.5 Å². The highest BCUT2D eigenvalue weighted by atomic mass is 32.1. The number of thiazole rings is 2. The largest absolute Gasteiger partial charge is 0.497 e. The van der Waals surface area contributed by atoms with Crippen molar-refractivity contribution in [3.63, 3.8) is 0 Å². The zero-order valence-corrected chi connectivity index (χ0v) is 15.9. The number of carboxylic acids is 1. The Balaban J connectivity index is 1.67. The van der Waals surface area contributed by atoms with Crippen LogP contribution in [0.15, 0.2) is 48.5 Å². The number of carbonyl (C=O) groups is 1. The minimum Gasteiger partial charge on any atom is -0.497 e. The highest BCUT2D eigenvalue weighted by molar-refractivity contribution is 7.22. The summed E-state index contributed by atoms with van der Waals surface area (Å²) in [6.07, 6.45) is -0.0688. The van der Waals surface area contributed by atoms with Gasteiger partial charge >= 0.3 is 5.97 Å². The van der Waals surface area contributed by atoms with Gasteiger partial charge in [0, 0.05) is 10.4 Å². The van der Waals surface area contributed by atoms with Gasteiger partial charge in [0.25, 0.3) is 0 Å². The first-order valence-electron chi connectivity index (χ1n) is 8.11. The van der Waals surface area contributed by atoms with Crippen LogP contribution in [0.1, 0.15) is 4.88 Å². The molecular weight excluding hydrogens is 382 g/mol. The van der Waals surface area contributed by atoms with Gasteiger partial charge in [-0.05, 0) is 18.2 Å². The van der Waals surface area contributed by atoms with Gasteiger partial charge in [-0.15, -0.1) is 11.3 Å². The molecule has 2 aromatic heterocycles. The number of rotatable bonds is 6. The van der Waals surface area contributed by atoms with Crippen LogP contribution in [-0.2, 0) is 11.2 Å². The second kappa shape index (κ2) is 7.34. The first-order valence-corrected chi connectivity index (χ1v) is 9.74. The van der Waals surface area contributed by atoms with E-state index in [1.807, 2.05) is 48.5 Å². The van der Waals surface area contributed by atoms with E-state index in [1.54, 1.807) is 7.11 Å². The topological polar surface area (TPSA) is 84.3 Å². The summed E-state index contributed by atoms with van der Waals surface area (Å²) < 4.78 is 6.25. The number of hydrogen-bond acceptors (Lipinski definition) is 7. The van der Waals surface area contributed by atoms with Crippen LogP contribution in [0, 0.1) is 0 Å². The van der Waals surface area contributed by atoms with Crippen LogP contribution in [0.3, 0.4) is 0 Å². The molecular formula is C19H15N3O3S2. The molecule has 0 saturated heterocycles. The summed E-state index contributed by atoms with van der Waals surface area (Å²) in [5.74, 6) is -0.100. The minimum atomic E-state index is -0.880. The van der Waals surface area contributed by atoms with Crippen molar-refractivity contribution in [3.8, 4) is 17.0 Å². The Morgan fingerprint density at radius 1 is 1.11 bits per heavy atom. The number of aliphatic carboxylic acids is 1. The molecule has 0 aliphatic rings. The van der Waals surface area contributed by atoms with Gasteiger partial charge in [-0.1, -0.05) is 41.7 Å². The first-order chi connectivity index (χ1) is 13.1. The SMILES string of the molecule is COc1ccc2nc(Nc3nc(-c4ccccc4)c(CC(=O)O)s3)sc2c1. The van der Waals surface area contributed by atoms with Crippen molar-refractivity contribution in [2.45, 2.75) is 6.42 Å². The monoisotopic (exact) mass is 397 g/mol. The fourth-order valence-electron chi connectivity index (χ4n) is 2.66. The van der Waals surface area contributed by atoms with Crippen molar-refractivity contribution in [2.24, 2.45) is 0 Å². The Morgan fingerprint density at radius 3 is 2.63 bits per heavy atom. The predicted octanol–water partition coefficient (Wildman–Crippen LogP) is 4.80. The number of fused-ring (bicyclic) bond motifs is 1. The Kier molecular flexibility index (Phi) is 4.74. The highest BCUT2D eigenvalue weighted by Crippen LogP contribution is 2.35. The summed E-state index contributed by atoms with van der Waals surface area (Å²) in [7, 11) is 1.63. The van der Waals surface area contributed by atoms with Crippen LogP contribution in [0.2, 0.25) is 0 Å². The maximum atomic E-state index is 11.2. The van der Waals surface area contributed by atoms with Gasteiger partial charge in [0.1, 0.15) is 5.75 Å². The molecule has 0 aliphatic carbocycles. The molecule has 0 spiro atoms. The van der Waals surface area contributed by atoms with Crippen LogP contribution in [-0.4, -0.2) is 28.2 Å². The molecule has 0 atom stereocenters. The fraction of sp³-hybridized carbons (Fsp3) is 0.105. The third-order valence-electron chi connectivity index (χ3n) is 3.87. The normalized spacial score (nSPS) is 10.9. The average Bonchev–Trinajstić information content (AvgIpc) is 3.24. The Hall–Kier alpha value is -2.97. The number of methoxy groups -OCH3 is 1. The van der Waals surface area contributed by atoms with E-state index in [9.17, 15) is 9.90 Å². The number of nitrogens with zero attached hydrogens (tertiary/aromatic N) is 2. The van der Waals surface area contributed by atoms with E-state index in [4.69, 9.17) is 4.74 Å². The zero-order chi connectivity index (χ0) is 18.8. The summed E-state index contributed by atoms with van der Waals surface area (Å²) in [5.41, 5.74) is 2.45. The van der Waals surface area contributed by atoms with Crippen molar-refractivity contribution in [1.29, 1.82) is 0 Å². The number of ether oxygens (including phenoxy) is 1. The molecule has 2 N–H and O–H groups in total. The van der Waals surface area contributed by atoms with Crippen molar-refractivity contribution in [2.75, 3.05) is 12.4 Å². The standard InChI is InChI=1S/C19H15N3O3S2/c1-25-12-7-8-13-14(9-12)26-18(20-13)22-19-21-17(11-5-3-2-4-6-11)15(27-19)10-16(23)24/h2-9H,10H2,1H3,(H,23,24)(H,20,21,22). The molecule has 0 fully saturated rings. The lowest BCUT2D eigenvalue weighted by Crippen LogP contribution is -1.99. The lowest BCUT2D eigenvalue weighted by Gasteiger charge is -1.99. The molecule has 2 aromatic carbocycles. The maximum Gasteiger partial charge on any atom is 0.308 e. The molecule has 0 amide bonds. The Labute approximate surface area is 163 Å². The van der Waals surface area contributed by atoms with Crippen molar-refractivity contribution < 1.29 is 14.6 Å². The van der Waals surface area contributed by atoms with Crippen molar-refractivity contribution in [3.05, 3.63) is 53.4 Å². The van der Waals surface area contributed by atoms with Gasteiger partial charge in [0.05, 0.1) is 29.4 Å². The Bertz CT molecular complexity index is 1110. The predicted molar refractivity (Wildman–Crippen MR) is 108 cm³/mol. The molecule has 6 nitrogen and oxygen atoms in total. The van der Waals surface area contributed by atoms with Crippen LogP contribution in [0.5, 0.6) is 5.75 Å². The third kappa shape index (κ3) is 3.76. The van der Waals surface area contributed by atoms with Gasteiger partial charge < -0.3 is 15.2 Å². The number of hydrogen-bond donors (Lipinski definition) is 2.